The Labute approximate surface area is 193 Å². The third-order valence-corrected chi connectivity index (χ3v) is 5.83. The number of Topliss-reactive ketones (excluding diaryl/α,β-unsaturated/α-hetero) is 1. The molecule has 1 amide bonds. The largest absolute Gasteiger partial charge is 0.410 e. The molecule has 0 saturated carbocycles. The number of amides is 1. The van der Waals surface area contributed by atoms with E-state index in [9.17, 15) is 14.8 Å². The maximum absolute atomic E-state index is 13.2. The Morgan fingerprint density at radius 2 is 1.59 bits per heavy atom. The second-order valence-electron chi connectivity index (χ2n) is 7.27. The summed E-state index contributed by atoms with van der Waals surface area (Å²) in [5.74, 6) is -0.560. The fourth-order valence-electron chi connectivity index (χ4n) is 3.55. The second kappa shape index (κ2) is 9.62. The zero-order valence-electron chi connectivity index (χ0n) is 17.0. The number of nitrogens with zero attached hydrogens (tertiary/aromatic N) is 1. The maximum atomic E-state index is 13.2. The highest BCUT2D eigenvalue weighted by molar-refractivity contribution is 9.10. The second-order valence-corrected chi connectivity index (χ2v) is 8.13. The van der Waals surface area contributed by atoms with Gasteiger partial charge in [-0.25, -0.2) is 0 Å². The highest BCUT2D eigenvalue weighted by Crippen LogP contribution is 2.23. The number of fused-ring (bicyclic) bond motifs is 1. The lowest BCUT2D eigenvalue weighted by molar-refractivity contribution is -0.117. The molecular formula is C25H20BrN3O3. The number of oxime groups is 1. The van der Waals surface area contributed by atoms with Gasteiger partial charge >= 0.3 is 0 Å². The van der Waals surface area contributed by atoms with Crippen LogP contribution < -0.4 is 10.6 Å². The van der Waals surface area contributed by atoms with Crippen LogP contribution in [0.1, 0.15) is 21.5 Å². The summed E-state index contributed by atoms with van der Waals surface area (Å²) in [6.45, 7) is 0. The molecule has 0 aromatic heterocycles. The van der Waals surface area contributed by atoms with Crippen molar-refractivity contribution in [3.8, 4) is 0 Å². The van der Waals surface area contributed by atoms with Crippen LogP contribution in [0.15, 0.2) is 100 Å². The minimum Gasteiger partial charge on any atom is -0.410 e. The minimum atomic E-state index is -0.745. The van der Waals surface area contributed by atoms with E-state index in [0.717, 1.165) is 10.0 Å². The van der Waals surface area contributed by atoms with E-state index in [0.29, 0.717) is 23.2 Å². The van der Waals surface area contributed by atoms with E-state index in [1.165, 1.54) is 6.08 Å². The van der Waals surface area contributed by atoms with Gasteiger partial charge in [0.1, 0.15) is 11.8 Å². The van der Waals surface area contributed by atoms with Crippen LogP contribution in [0.5, 0.6) is 0 Å². The van der Waals surface area contributed by atoms with Crippen LogP contribution in [0.3, 0.4) is 0 Å². The number of rotatable bonds is 6. The van der Waals surface area contributed by atoms with Crippen molar-refractivity contribution >= 4 is 39.0 Å². The number of halogens is 1. The molecule has 4 rings (SSSR count). The molecule has 6 nitrogen and oxygen atoms in total. The number of hydrogen-bond donors (Lipinski definition) is 3. The van der Waals surface area contributed by atoms with Gasteiger partial charge in [0.15, 0.2) is 0 Å². The molecule has 0 saturated heterocycles. The van der Waals surface area contributed by atoms with Crippen LogP contribution in [0.25, 0.3) is 0 Å². The molecule has 160 valence electrons. The van der Waals surface area contributed by atoms with E-state index >= 15 is 0 Å². The number of anilines is 1. The lowest BCUT2D eigenvalue weighted by Gasteiger charge is -2.24. The summed E-state index contributed by atoms with van der Waals surface area (Å²) < 4.78 is 0.753. The average molecular weight is 490 g/mol. The molecule has 1 aliphatic rings. The van der Waals surface area contributed by atoms with Crippen LogP contribution in [0.4, 0.5) is 5.69 Å². The van der Waals surface area contributed by atoms with Gasteiger partial charge in [0.2, 0.25) is 11.7 Å². The molecule has 1 aliphatic carbocycles. The Kier molecular flexibility index (Phi) is 6.47. The van der Waals surface area contributed by atoms with Gasteiger partial charge in [-0.2, -0.15) is 0 Å². The van der Waals surface area contributed by atoms with Crippen LogP contribution >= 0.6 is 15.9 Å². The minimum absolute atomic E-state index is 0.194. The molecule has 7 heteroatoms. The van der Waals surface area contributed by atoms with Crippen molar-refractivity contribution in [3.05, 3.63) is 112 Å². The average Bonchev–Trinajstić information content (AvgIpc) is 2.82. The SMILES string of the molecule is O=C1C(N[C@H](Cc2ccccc2)C(=O)Nc2ccccc2Br)=CC(=NO)c2ccccc21. The van der Waals surface area contributed by atoms with Gasteiger partial charge in [-0.15, -0.1) is 0 Å². The normalized spacial score (nSPS) is 15.0. The Balaban J connectivity index is 1.64. The van der Waals surface area contributed by atoms with Crippen molar-refractivity contribution < 1.29 is 14.8 Å². The Bertz CT molecular complexity index is 1220. The van der Waals surface area contributed by atoms with Crippen LogP contribution in [0.2, 0.25) is 0 Å². The number of carbonyl (C=O) groups is 2. The summed E-state index contributed by atoms with van der Waals surface area (Å²) >= 11 is 3.44. The number of ketones is 1. The lowest BCUT2D eigenvalue weighted by Crippen LogP contribution is -2.44. The van der Waals surface area contributed by atoms with Crippen molar-refractivity contribution in [2.45, 2.75) is 12.5 Å². The summed E-state index contributed by atoms with van der Waals surface area (Å²) in [6, 6.07) is 23.0. The van der Waals surface area contributed by atoms with E-state index in [1.54, 1.807) is 30.3 Å². The van der Waals surface area contributed by atoms with Crippen molar-refractivity contribution in [2.24, 2.45) is 5.16 Å². The van der Waals surface area contributed by atoms with Gasteiger partial charge in [0.25, 0.3) is 0 Å². The van der Waals surface area contributed by atoms with Crippen LogP contribution in [0, 0.1) is 0 Å². The summed E-state index contributed by atoms with van der Waals surface area (Å²) in [6.07, 6.45) is 1.82. The summed E-state index contributed by atoms with van der Waals surface area (Å²) in [7, 11) is 0. The van der Waals surface area contributed by atoms with Crippen LogP contribution in [-0.2, 0) is 11.2 Å². The smallest absolute Gasteiger partial charge is 0.247 e. The molecule has 3 aromatic carbocycles. The predicted octanol–water partition coefficient (Wildman–Crippen LogP) is 4.55. The first-order valence-corrected chi connectivity index (χ1v) is 10.8. The zero-order chi connectivity index (χ0) is 22.5. The van der Waals surface area contributed by atoms with E-state index < -0.39 is 6.04 Å². The van der Waals surface area contributed by atoms with Gasteiger partial charge in [-0.05, 0) is 39.7 Å². The molecular weight excluding hydrogens is 470 g/mol. The summed E-state index contributed by atoms with van der Waals surface area (Å²) in [5.41, 5.74) is 2.97. The molecule has 0 bridgehead atoms. The van der Waals surface area contributed by atoms with E-state index in [4.69, 9.17) is 0 Å². The first-order valence-electron chi connectivity index (χ1n) is 10.0. The van der Waals surface area contributed by atoms with Crippen molar-refractivity contribution in [1.29, 1.82) is 0 Å². The quantitative estimate of drug-likeness (QED) is 0.350. The molecule has 0 unspecified atom stereocenters. The Morgan fingerprint density at radius 3 is 2.31 bits per heavy atom. The van der Waals surface area contributed by atoms with Crippen molar-refractivity contribution in [1.82, 2.24) is 5.32 Å². The van der Waals surface area contributed by atoms with Gasteiger partial charge < -0.3 is 15.8 Å². The molecule has 0 fully saturated rings. The van der Waals surface area contributed by atoms with E-state index in [1.807, 2.05) is 48.5 Å². The number of benzene rings is 3. The molecule has 0 radical (unpaired) electrons. The topological polar surface area (TPSA) is 90.8 Å². The third kappa shape index (κ3) is 4.63. The molecule has 0 spiro atoms. The number of hydrogen-bond acceptors (Lipinski definition) is 5. The van der Waals surface area contributed by atoms with Gasteiger partial charge in [-0.1, -0.05) is 71.9 Å². The highest BCUT2D eigenvalue weighted by atomic mass is 79.9. The number of allylic oxidation sites excluding steroid dienone is 2. The van der Waals surface area contributed by atoms with Gasteiger partial charge in [0, 0.05) is 22.0 Å². The number of nitrogens with one attached hydrogen (secondary N) is 2. The zero-order valence-corrected chi connectivity index (χ0v) is 18.5. The Morgan fingerprint density at radius 1 is 0.938 bits per heavy atom. The van der Waals surface area contributed by atoms with Gasteiger partial charge in [0.05, 0.1) is 11.4 Å². The lowest BCUT2D eigenvalue weighted by atomic mass is 9.91. The fourth-order valence-corrected chi connectivity index (χ4v) is 3.93. The third-order valence-electron chi connectivity index (χ3n) is 5.14. The first-order chi connectivity index (χ1) is 15.6. The Hall–Kier alpha value is -3.71. The summed E-state index contributed by atoms with van der Waals surface area (Å²) in [4.78, 5) is 26.3. The molecule has 3 N–H and O–H groups in total. The standard InChI is InChI=1S/C25H20BrN3O3/c26-19-12-6-7-13-20(19)28-25(31)23(14-16-8-2-1-3-9-16)27-22-15-21(29-32)17-10-4-5-11-18(17)24(22)30/h1-13,15,23,27,32H,14H2,(H,28,31)/t23-/m1/s1. The summed E-state index contributed by atoms with van der Waals surface area (Å²) in [5, 5.41) is 18.8. The van der Waals surface area contributed by atoms with Crippen molar-refractivity contribution in [3.63, 3.8) is 0 Å². The van der Waals surface area contributed by atoms with E-state index in [-0.39, 0.29) is 23.1 Å². The molecule has 32 heavy (non-hydrogen) atoms. The number of carbonyl (C=O) groups excluding carboxylic acids is 2. The maximum Gasteiger partial charge on any atom is 0.247 e. The van der Waals surface area contributed by atoms with Crippen LogP contribution in [-0.4, -0.2) is 28.7 Å². The highest BCUT2D eigenvalue weighted by Gasteiger charge is 2.28. The monoisotopic (exact) mass is 489 g/mol. The van der Waals surface area contributed by atoms with Gasteiger partial charge in [-0.3, -0.25) is 9.59 Å². The first kappa shape index (κ1) is 21.5. The van der Waals surface area contributed by atoms with E-state index in [2.05, 4.69) is 31.7 Å². The molecule has 0 aliphatic heterocycles. The predicted molar refractivity (Wildman–Crippen MR) is 127 cm³/mol. The molecule has 3 aromatic rings. The molecule has 0 heterocycles. The fraction of sp³-hybridized carbons (Fsp3) is 0.0800. The molecule has 1 atom stereocenters. The van der Waals surface area contributed by atoms with Crippen molar-refractivity contribution in [2.75, 3.05) is 5.32 Å². The number of para-hydroxylation sites is 1.